The molecule has 3 rings (SSSR count). The fraction of sp³-hybridized carbons (Fsp3) is 0.174. The Kier molecular flexibility index (Phi) is 6.97. The van der Waals surface area contributed by atoms with Crippen molar-refractivity contribution in [2.24, 2.45) is 0 Å². The van der Waals surface area contributed by atoms with E-state index in [1.807, 2.05) is 61.5 Å². The molecule has 156 valence electrons. The maximum atomic E-state index is 13.2. The minimum Gasteiger partial charge on any atom is -0.351 e. The minimum absolute atomic E-state index is 0.103. The van der Waals surface area contributed by atoms with Gasteiger partial charge in [0.1, 0.15) is 11.9 Å². The Morgan fingerprint density at radius 1 is 0.900 bits per heavy atom. The number of rotatable bonds is 8. The summed E-state index contributed by atoms with van der Waals surface area (Å²) in [5.74, 6) is -0.976. The molecule has 0 heterocycles. The Hall–Kier alpha value is -3.03. The molecule has 0 saturated heterocycles. The summed E-state index contributed by atoms with van der Waals surface area (Å²) in [7, 11) is -4.01. The molecule has 2 N–H and O–H groups in total. The summed E-state index contributed by atoms with van der Waals surface area (Å²) in [6, 6.07) is 20.3. The van der Waals surface area contributed by atoms with Crippen LogP contribution in [0.15, 0.2) is 83.8 Å². The number of hydrogen-bond acceptors (Lipinski definition) is 3. The summed E-state index contributed by atoms with van der Waals surface area (Å²) in [5, 5.41) is 2.80. The van der Waals surface area contributed by atoms with Gasteiger partial charge in [0.05, 0.1) is 4.90 Å². The van der Waals surface area contributed by atoms with Crippen LogP contribution in [0.4, 0.5) is 4.39 Å². The van der Waals surface area contributed by atoms with Crippen LogP contribution in [0.3, 0.4) is 0 Å². The first-order valence-electron chi connectivity index (χ1n) is 9.48. The quantitative estimate of drug-likeness (QED) is 0.580. The summed E-state index contributed by atoms with van der Waals surface area (Å²) in [6.07, 6.45) is 0.182. The van der Waals surface area contributed by atoms with Crippen LogP contribution in [0, 0.1) is 12.7 Å². The molecule has 3 aromatic rings. The molecule has 5 nitrogen and oxygen atoms in total. The topological polar surface area (TPSA) is 75.3 Å². The Bertz CT molecular complexity index is 1080. The van der Waals surface area contributed by atoms with Crippen LogP contribution in [0.2, 0.25) is 0 Å². The van der Waals surface area contributed by atoms with Crippen molar-refractivity contribution in [3.05, 3.63) is 101 Å². The van der Waals surface area contributed by atoms with E-state index >= 15 is 0 Å². The van der Waals surface area contributed by atoms with E-state index in [9.17, 15) is 17.6 Å². The van der Waals surface area contributed by atoms with Crippen molar-refractivity contribution < 1.29 is 17.6 Å². The third-order valence-corrected chi connectivity index (χ3v) is 6.10. The number of sulfonamides is 1. The molecule has 7 heteroatoms. The number of nitrogens with one attached hydrogen (secondary N) is 2. The summed E-state index contributed by atoms with van der Waals surface area (Å²) >= 11 is 0. The van der Waals surface area contributed by atoms with E-state index in [0.717, 1.165) is 28.8 Å². The van der Waals surface area contributed by atoms with Crippen molar-refractivity contribution in [1.29, 1.82) is 0 Å². The predicted octanol–water partition coefficient (Wildman–Crippen LogP) is 3.34. The van der Waals surface area contributed by atoms with E-state index in [-0.39, 0.29) is 17.9 Å². The Labute approximate surface area is 176 Å². The van der Waals surface area contributed by atoms with Crippen LogP contribution < -0.4 is 10.0 Å². The molecule has 0 aliphatic rings. The van der Waals surface area contributed by atoms with Crippen LogP contribution in [-0.4, -0.2) is 20.4 Å². The molecule has 0 spiro atoms. The van der Waals surface area contributed by atoms with Crippen molar-refractivity contribution in [2.45, 2.75) is 30.8 Å². The van der Waals surface area contributed by atoms with Crippen molar-refractivity contribution in [2.75, 3.05) is 0 Å². The second kappa shape index (κ2) is 9.65. The summed E-state index contributed by atoms with van der Waals surface area (Å²) in [6.45, 7) is 2.26. The molecule has 0 saturated carbocycles. The molecule has 1 amide bonds. The lowest BCUT2D eigenvalue weighted by Crippen LogP contribution is -2.47. The molecule has 1 unspecified atom stereocenters. The Balaban J connectivity index is 1.77. The summed E-state index contributed by atoms with van der Waals surface area (Å²) < 4.78 is 41.1. The molecule has 30 heavy (non-hydrogen) atoms. The third kappa shape index (κ3) is 5.98. The molecular formula is C23H23FN2O3S. The van der Waals surface area contributed by atoms with Gasteiger partial charge in [0, 0.05) is 6.54 Å². The Morgan fingerprint density at radius 3 is 2.17 bits per heavy atom. The monoisotopic (exact) mass is 426 g/mol. The standard InChI is InChI=1S/C23H23FN2O3S/c1-17-7-9-19(10-8-17)16-25-23(27)22(15-18-5-3-2-4-6-18)26-30(28,29)21-13-11-20(24)12-14-21/h2-14,22,26H,15-16H2,1H3,(H,25,27). The van der Waals surface area contributed by atoms with Gasteiger partial charge >= 0.3 is 0 Å². The maximum Gasteiger partial charge on any atom is 0.241 e. The smallest absolute Gasteiger partial charge is 0.241 e. The van der Waals surface area contributed by atoms with Gasteiger partial charge in [-0.1, -0.05) is 60.2 Å². The zero-order chi connectivity index (χ0) is 21.6. The number of amides is 1. The normalized spacial score (nSPS) is 12.3. The summed E-state index contributed by atoms with van der Waals surface area (Å²) in [4.78, 5) is 12.7. The lowest BCUT2D eigenvalue weighted by molar-refractivity contribution is -0.122. The lowest BCUT2D eigenvalue weighted by atomic mass is 10.1. The highest BCUT2D eigenvalue weighted by molar-refractivity contribution is 7.89. The van der Waals surface area contributed by atoms with Gasteiger partial charge in [0.2, 0.25) is 15.9 Å². The van der Waals surface area contributed by atoms with Crippen molar-refractivity contribution in [3.8, 4) is 0 Å². The highest BCUT2D eigenvalue weighted by atomic mass is 32.2. The third-order valence-electron chi connectivity index (χ3n) is 4.61. The van der Waals surface area contributed by atoms with Crippen LogP contribution >= 0.6 is 0 Å². The molecule has 0 aliphatic heterocycles. The van der Waals surface area contributed by atoms with Gasteiger partial charge in [-0.2, -0.15) is 4.72 Å². The maximum absolute atomic E-state index is 13.2. The van der Waals surface area contributed by atoms with Gasteiger partial charge in [0.15, 0.2) is 0 Å². The van der Waals surface area contributed by atoms with Gasteiger partial charge in [-0.15, -0.1) is 0 Å². The van der Waals surface area contributed by atoms with Gasteiger partial charge < -0.3 is 5.32 Å². The number of carbonyl (C=O) groups excluding carboxylic acids is 1. The molecule has 0 bridgehead atoms. The zero-order valence-electron chi connectivity index (χ0n) is 16.5. The van der Waals surface area contributed by atoms with Crippen LogP contribution in [0.1, 0.15) is 16.7 Å². The van der Waals surface area contributed by atoms with E-state index in [0.29, 0.717) is 0 Å². The number of carbonyl (C=O) groups is 1. The van der Waals surface area contributed by atoms with Crippen molar-refractivity contribution >= 4 is 15.9 Å². The second-order valence-corrected chi connectivity index (χ2v) is 8.73. The van der Waals surface area contributed by atoms with Gasteiger partial charge in [-0.3, -0.25) is 4.79 Å². The van der Waals surface area contributed by atoms with Crippen LogP contribution in [-0.2, 0) is 27.8 Å². The largest absolute Gasteiger partial charge is 0.351 e. The second-order valence-electron chi connectivity index (χ2n) is 7.02. The van der Waals surface area contributed by atoms with E-state index in [1.165, 1.54) is 12.1 Å². The highest BCUT2D eigenvalue weighted by Crippen LogP contribution is 2.13. The number of hydrogen-bond donors (Lipinski definition) is 2. The van der Waals surface area contributed by atoms with Crippen LogP contribution in [0.25, 0.3) is 0 Å². The molecule has 0 fully saturated rings. The molecule has 1 atom stereocenters. The zero-order valence-corrected chi connectivity index (χ0v) is 17.3. The first kappa shape index (κ1) is 21.7. The van der Waals surface area contributed by atoms with E-state index in [2.05, 4.69) is 10.0 Å². The predicted molar refractivity (Wildman–Crippen MR) is 114 cm³/mol. The molecule has 0 radical (unpaired) electrons. The van der Waals surface area contributed by atoms with Crippen molar-refractivity contribution in [3.63, 3.8) is 0 Å². The molecular weight excluding hydrogens is 403 g/mol. The van der Waals surface area contributed by atoms with Gasteiger partial charge in [0.25, 0.3) is 0 Å². The average Bonchev–Trinajstić information content (AvgIpc) is 2.73. The van der Waals surface area contributed by atoms with Gasteiger partial charge in [-0.05, 0) is 48.7 Å². The number of halogens is 1. The highest BCUT2D eigenvalue weighted by Gasteiger charge is 2.26. The van der Waals surface area contributed by atoms with Crippen LogP contribution in [0.5, 0.6) is 0 Å². The molecule has 3 aromatic carbocycles. The summed E-state index contributed by atoms with van der Waals surface area (Å²) in [5.41, 5.74) is 2.84. The van der Waals surface area contributed by atoms with E-state index in [4.69, 9.17) is 0 Å². The lowest BCUT2D eigenvalue weighted by Gasteiger charge is -2.19. The minimum atomic E-state index is -4.01. The van der Waals surface area contributed by atoms with E-state index in [1.54, 1.807) is 0 Å². The molecule has 0 aliphatic carbocycles. The first-order valence-corrected chi connectivity index (χ1v) is 11.0. The Morgan fingerprint density at radius 2 is 1.53 bits per heavy atom. The van der Waals surface area contributed by atoms with Crippen molar-refractivity contribution in [1.82, 2.24) is 10.0 Å². The SMILES string of the molecule is Cc1ccc(CNC(=O)C(Cc2ccccc2)NS(=O)(=O)c2ccc(F)cc2)cc1. The van der Waals surface area contributed by atoms with E-state index < -0.39 is 27.8 Å². The number of aryl methyl sites for hydroxylation is 1. The first-order chi connectivity index (χ1) is 14.3. The fourth-order valence-corrected chi connectivity index (χ4v) is 4.12. The molecule has 0 aromatic heterocycles. The van der Waals surface area contributed by atoms with Gasteiger partial charge in [-0.25, -0.2) is 12.8 Å². The number of benzene rings is 3. The average molecular weight is 427 g/mol. The fourth-order valence-electron chi connectivity index (χ4n) is 2.93.